The van der Waals surface area contributed by atoms with E-state index in [2.05, 4.69) is 195 Å². The van der Waals surface area contributed by atoms with Crippen LogP contribution in [0.2, 0.25) is 0 Å². The first-order chi connectivity index (χ1) is 26.7. The summed E-state index contributed by atoms with van der Waals surface area (Å²) in [6.45, 7) is 2.43. The molecule has 1 heteroatoms. The molecular formula is C53H34O. The third kappa shape index (κ3) is 3.64. The highest BCUT2D eigenvalue weighted by Gasteiger charge is 2.51. The summed E-state index contributed by atoms with van der Waals surface area (Å²) < 4.78 is 7.05. The average Bonchev–Trinajstić information content (AvgIpc) is 3.68. The summed E-state index contributed by atoms with van der Waals surface area (Å²) in [5.41, 5.74) is 15.7. The predicted octanol–water partition coefficient (Wildman–Crippen LogP) is 13.5. The maximum absolute atomic E-state index is 7.05. The zero-order valence-corrected chi connectivity index (χ0v) is 29.8. The molecule has 1 unspecified atom stereocenters. The normalized spacial score (nSPS) is 16.6. The Kier molecular flexibility index (Phi) is 5.90. The fourth-order valence-electron chi connectivity index (χ4n) is 10.5. The second kappa shape index (κ2) is 10.7. The monoisotopic (exact) mass is 686 g/mol. The highest BCUT2D eigenvalue weighted by Crippen LogP contribution is 2.64. The van der Waals surface area contributed by atoms with E-state index in [0.29, 0.717) is 0 Å². The molecule has 1 spiro atoms. The van der Waals surface area contributed by atoms with Gasteiger partial charge in [-0.3, -0.25) is 0 Å². The molecule has 54 heavy (non-hydrogen) atoms. The van der Waals surface area contributed by atoms with Gasteiger partial charge in [0.05, 0.1) is 5.41 Å². The van der Waals surface area contributed by atoms with Crippen molar-refractivity contribution in [2.75, 3.05) is 0 Å². The minimum atomic E-state index is -0.541. The zero-order valence-electron chi connectivity index (χ0n) is 29.8. The van der Waals surface area contributed by atoms with Gasteiger partial charge in [0.1, 0.15) is 11.5 Å². The van der Waals surface area contributed by atoms with Crippen LogP contribution in [-0.2, 0) is 10.8 Å². The van der Waals surface area contributed by atoms with Crippen LogP contribution in [0, 0.1) is 0 Å². The molecular weight excluding hydrogens is 653 g/mol. The van der Waals surface area contributed by atoms with Gasteiger partial charge in [-0.15, -0.1) is 0 Å². The van der Waals surface area contributed by atoms with E-state index < -0.39 is 5.41 Å². The van der Waals surface area contributed by atoms with Crippen LogP contribution in [-0.4, -0.2) is 0 Å². The average molecular weight is 687 g/mol. The van der Waals surface area contributed by atoms with Gasteiger partial charge in [0.25, 0.3) is 0 Å². The van der Waals surface area contributed by atoms with Crippen LogP contribution in [0.15, 0.2) is 188 Å². The van der Waals surface area contributed by atoms with Gasteiger partial charge in [0, 0.05) is 21.9 Å². The lowest BCUT2D eigenvalue weighted by Gasteiger charge is -2.40. The minimum absolute atomic E-state index is 0.348. The number of benzene rings is 9. The maximum Gasteiger partial charge on any atom is 0.140 e. The molecule has 0 bridgehead atoms. The molecule has 0 fully saturated rings. The van der Waals surface area contributed by atoms with Crippen LogP contribution >= 0.6 is 0 Å². The number of ether oxygens (including phenoxy) is 1. The van der Waals surface area contributed by atoms with Crippen molar-refractivity contribution < 1.29 is 4.74 Å². The Morgan fingerprint density at radius 1 is 0.389 bits per heavy atom. The summed E-state index contributed by atoms with van der Waals surface area (Å²) in [7, 11) is 0. The van der Waals surface area contributed by atoms with E-state index in [1.807, 2.05) is 0 Å². The SMILES string of the molecule is CC1(c2ccccc2)c2cc(-c3cc4c(c5ccccc35)Oc3ccccc3C43c4ccccc4-c4ccccc43)ccc2-c2ccc3ccccc3c21. The first kappa shape index (κ1) is 29.8. The molecule has 0 aromatic heterocycles. The van der Waals surface area contributed by atoms with Crippen molar-refractivity contribution >= 4 is 21.5 Å². The third-order valence-electron chi connectivity index (χ3n) is 12.8. The van der Waals surface area contributed by atoms with E-state index in [1.54, 1.807) is 0 Å². The Morgan fingerprint density at radius 2 is 0.981 bits per heavy atom. The Morgan fingerprint density at radius 3 is 1.76 bits per heavy atom. The maximum atomic E-state index is 7.05. The summed E-state index contributed by atoms with van der Waals surface area (Å²) in [6, 6.07) is 69.7. The molecule has 1 heterocycles. The van der Waals surface area contributed by atoms with Gasteiger partial charge in [0.2, 0.25) is 0 Å². The number of rotatable bonds is 2. The first-order valence-electron chi connectivity index (χ1n) is 18.9. The van der Waals surface area contributed by atoms with Gasteiger partial charge < -0.3 is 4.74 Å². The quantitative estimate of drug-likeness (QED) is 0.176. The van der Waals surface area contributed by atoms with Gasteiger partial charge in [-0.05, 0) is 102 Å². The van der Waals surface area contributed by atoms with Crippen LogP contribution < -0.4 is 4.74 Å². The third-order valence-corrected chi connectivity index (χ3v) is 12.8. The fourth-order valence-corrected chi connectivity index (χ4v) is 10.5. The summed E-state index contributed by atoms with van der Waals surface area (Å²) in [4.78, 5) is 0. The van der Waals surface area contributed by atoms with E-state index in [1.165, 1.54) is 88.5 Å². The van der Waals surface area contributed by atoms with Gasteiger partial charge in [0.15, 0.2) is 0 Å². The van der Waals surface area contributed by atoms with Gasteiger partial charge >= 0.3 is 0 Å². The Labute approximate surface area is 314 Å². The Bertz CT molecular complexity index is 3000. The molecule has 1 nitrogen and oxygen atoms in total. The molecule has 2 aliphatic carbocycles. The molecule has 3 aliphatic rings. The smallest absolute Gasteiger partial charge is 0.140 e. The highest BCUT2D eigenvalue weighted by molar-refractivity contribution is 6.05. The Balaban J connectivity index is 1.18. The largest absolute Gasteiger partial charge is 0.456 e. The Hall–Kier alpha value is -6.70. The van der Waals surface area contributed by atoms with Crippen LogP contribution in [0.1, 0.15) is 45.9 Å². The lowest BCUT2D eigenvalue weighted by molar-refractivity contribution is 0.442. The molecule has 0 amide bonds. The summed E-state index contributed by atoms with van der Waals surface area (Å²) in [5.74, 6) is 1.85. The molecule has 0 N–H and O–H groups in total. The molecule has 1 atom stereocenters. The van der Waals surface area contributed by atoms with E-state index in [-0.39, 0.29) is 5.41 Å². The lowest BCUT2D eigenvalue weighted by Crippen LogP contribution is -2.32. The van der Waals surface area contributed by atoms with E-state index in [4.69, 9.17) is 4.74 Å². The number of hydrogen-bond acceptors (Lipinski definition) is 1. The van der Waals surface area contributed by atoms with E-state index in [0.717, 1.165) is 16.9 Å². The van der Waals surface area contributed by atoms with Crippen LogP contribution in [0.4, 0.5) is 0 Å². The fraction of sp³-hybridized carbons (Fsp3) is 0.0566. The number of para-hydroxylation sites is 1. The van der Waals surface area contributed by atoms with Gasteiger partial charge in [-0.1, -0.05) is 170 Å². The van der Waals surface area contributed by atoms with Gasteiger partial charge in [-0.2, -0.15) is 0 Å². The van der Waals surface area contributed by atoms with Crippen molar-refractivity contribution in [3.63, 3.8) is 0 Å². The van der Waals surface area contributed by atoms with Crippen molar-refractivity contribution in [3.05, 3.63) is 227 Å². The minimum Gasteiger partial charge on any atom is -0.456 e. The lowest BCUT2D eigenvalue weighted by atomic mass is 9.65. The van der Waals surface area contributed by atoms with Crippen molar-refractivity contribution in [1.82, 2.24) is 0 Å². The van der Waals surface area contributed by atoms with Crippen molar-refractivity contribution in [3.8, 4) is 44.9 Å². The second-order valence-electron chi connectivity index (χ2n) is 15.2. The van der Waals surface area contributed by atoms with E-state index in [9.17, 15) is 0 Å². The standard InChI is InChI=1S/C53H34O/c1-52(35-16-3-2-4-17-35)47-31-34(28-29-40(47)41-30-27-33-15-5-6-18-36(33)50(41)52)43-32-48-51(42-22-8-7-19-37(42)43)54-49-26-14-13-25-46(49)53(48)44-23-11-9-20-38(44)39-21-10-12-24-45(39)53/h2-32H,1H3. The molecule has 12 rings (SSSR count). The van der Waals surface area contributed by atoms with E-state index >= 15 is 0 Å². The van der Waals surface area contributed by atoms with Crippen molar-refractivity contribution in [2.24, 2.45) is 0 Å². The predicted molar refractivity (Wildman–Crippen MR) is 222 cm³/mol. The summed E-state index contributed by atoms with van der Waals surface area (Å²) in [6.07, 6.45) is 0. The number of fused-ring (bicyclic) bond motifs is 16. The first-order valence-corrected chi connectivity index (χ1v) is 18.9. The molecule has 9 aromatic rings. The second-order valence-corrected chi connectivity index (χ2v) is 15.2. The molecule has 9 aromatic carbocycles. The van der Waals surface area contributed by atoms with Gasteiger partial charge in [-0.25, -0.2) is 0 Å². The van der Waals surface area contributed by atoms with Crippen LogP contribution in [0.25, 0.3) is 54.9 Å². The molecule has 0 saturated heterocycles. The van der Waals surface area contributed by atoms with Crippen LogP contribution in [0.5, 0.6) is 11.5 Å². The van der Waals surface area contributed by atoms with Crippen LogP contribution in [0.3, 0.4) is 0 Å². The summed E-state index contributed by atoms with van der Waals surface area (Å²) >= 11 is 0. The summed E-state index contributed by atoms with van der Waals surface area (Å²) in [5, 5.41) is 4.90. The molecule has 0 saturated carbocycles. The highest BCUT2D eigenvalue weighted by atomic mass is 16.5. The zero-order chi connectivity index (χ0) is 35.6. The van der Waals surface area contributed by atoms with Crippen molar-refractivity contribution in [2.45, 2.75) is 17.8 Å². The van der Waals surface area contributed by atoms with Crippen molar-refractivity contribution in [1.29, 1.82) is 0 Å². The molecule has 1 aliphatic heterocycles. The number of hydrogen-bond donors (Lipinski definition) is 0. The molecule has 0 radical (unpaired) electrons. The topological polar surface area (TPSA) is 9.23 Å². The molecule has 252 valence electrons.